The molecule has 0 aliphatic carbocycles. The number of pyridine rings is 1. The molecule has 1 aliphatic heterocycles. The van der Waals surface area contributed by atoms with Gasteiger partial charge in [0.05, 0.1) is 16.2 Å². The minimum absolute atomic E-state index is 0.103. The molecule has 0 bridgehead atoms. The van der Waals surface area contributed by atoms with E-state index in [9.17, 15) is 18.5 Å². The molecular formula is C22H26N4O4S. The summed E-state index contributed by atoms with van der Waals surface area (Å²) in [5, 5.41) is 11.5. The maximum Gasteiger partial charge on any atom is 0.272 e. The third-order valence-electron chi connectivity index (χ3n) is 5.33. The number of anilines is 1. The molecule has 8 nitrogen and oxygen atoms in total. The Morgan fingerprint density at radius 1 is 1.26 bits per heavy atom. The number of sulfonamides is 1. The highest BCUT2D eigenvalue weighted by atomic mass is 32.2. The summed E-state index contributed by atoms with van der Waals surface area (Å²) in [6.07, 6.45) is 11.2. The van der Waals surface area contributed by atoms with E-state index in [0.717, 1.165) is 30.0 Å². The van der Waals surface area contributed by atoms with Crippen LogP contribution in [0.15, 0.2) is 35.5 Å². The van der Waals surface area contributed by atoms with Gasteiger partial charge in [-0.2, -0.15) is 4.31 Å². The molecular weight excluding hydrogens is 416 g/mol. The monoisotopic (exact) mass is 442 g/mol. The quantitative estimate of drug-likeness (QED) is 0.353. The van der Waals surface area contributed by atoms with E-state index >= 15 is 0 Å². The first-order chi connectivity index (χ1) is 14.8. The molecule has 3 rings (SSSR count). The van der Waals surface area contributed by atoms with Crippen LogP contribution in [0.1, 0.15) is 43.4 Å². The van der Waals surface area contributed by atoms with Crippen molar-refractivity contribution in [1.29, 1.82) is 0 Å². The number of non-ortho nitro benzene ring substituents is 1. The van der Waals surface area contributed by atoms with Gasteiger partial charge in [0, 0.05) is 50.7 Å². The molecule has 0 fully saturated rings. The zero-order chi connectivity index (χ0) is 22.6. The maximum atomic E-state index is 13.8. The summed E-state index contributed by atoms with van der Waals surface area (Å²) >= 11 is 0. The topological polar surface area (TPSA) is 96.6 Å². The third kappa shape index (κ3) is 4.55. The van der Waals surface area contributed by atoms with Crippen molar-refractivity contribution >= 4 is 21.4 Å². The molecule has 1 aliphatic rings. The van der Waals surface area contributed by atoms with Crippen molar-refractivity contribution in [3.63, 3.8) is 0 Å². The van der Waals surface area contributed by atoms with E-state index in [1.165, 1.54) is 10.4 Å². The molecule has 0 spiro atoms. The molecule has 0 saturated carbocycles. The van der Waals surface area contributed by atoms with Gasteiger partial charge in [0.15, 0.2) is 0 Å². The predicted octanol–water partition coefficient (Wildman–Crippen LogP) is 3.34. The highest BCUT2D eigenvalue weighted by Crippen LogP contribution is 2.37. The van der Waals surface area contributed by atoms with Crippen molar-refractivity contribution in [2.24, 2.45) is 0 Å². The number of terminal acetylenes is 1. The van der Waals surface area contributed by atoms with Gasteiger partial charge in [-0.05, 0) is 36.5 Å². The first-order valence-corrected chi connectivity index (χ1v) is 11.7. The van der Waals surface area contributed by atoms with Crippen LogP contribution in [0.3, 0.4) is 0 Å². The molecule has 1 aromatic carbocycles. The van der Waals surface area contributed by atoms with Gasteiger partial charge in [0.1, 0.15) is 4.90 Å². The molecule has 0 saturated heterocycles. The lowest BCUT2D eigenvalue weighted by molar-refractivity contribution is -0.385. The molecule has 0 N–H and O–H groups in total. The Kier molecular flexibility index (Phi) is 6.93. The number of benzene rings is 1. The lowest BCUT2D eigenvalue weighted by atomic mass is 10.0. The number of fused-ring (bicyclic) bond motifs is 1. The van der Waals surface area contributed by atoms with Crippen LogP contribution in [0.5, 0.6) is 0 Å². The summed E-state index contributed by atoms with van der Waals surface area (Å²) in [4.78, 5) is 16.8. The average molecular weight is 443 g/mol. The summed E-state index contributed by atoms with van der Waals surface area (Å²) in [6, 6.07) is 4.23. The lowest BCUT2D eigenvalue weighted by Crippen LogP contribution is -2.37. The molecule has 2 aromatic rings. The smallest absolute Gasteiger partial charge is 0.272 e. The SMILES string of the molecule is C#Cc1cc([N+](=O)[O-])cc(S(=O)(=O)N2CCc3cnccc3C2)c1N(CCC)CCC. The maximum absolute atomic E-state index is 13.8. The van der Waals surface area contributed by atoms with Crippen molar-refractivity contribution in [3.05, 3.63) is 57.4 Å². The van der Waals surface area contributed by atoms with Gasteiger partial charge < -0.3 is 4.90 Å². The van der Waals surface area contributed by atoms with Crippen LogP contribution in [0, 0.1) is 22.5 Å². The Morgan fingerprint density at radius 2 is 1.97 bits per heavy atom. The van der Waals surface area contributed by atoms with E-state index in [2.05, 4.69) is 10.9 Å². The zero-order valence-corrected chi connectivity index (χ0v) is 18.6. The molecule has 2 heterocycles. The minimum Gasteiger partial charge on any atom is -0.369 e. The summed E-state index contributed by atoms with van der Waals surface area (Å²) in [5.74, 6) is 2.48. The van der Waals surface area contributed by atoms with Crippen LogP contribution < -0.4 is 4.90 Å². The van der Waals surface area contributed by atoms with Gasteiger partial charge in [-0.25, -0.2) is 8.42 Å². The summed E-state index contributed by atoms with van der Waals surface area (Å²) in [5.41, 5.74) is 2.16. The van der Waals surface area contributed by atoms with Crippen molar-refractivity contribution in [2.75, 3.05) is 24.5 Å². The van der Waals surface area contributed by atoms with Gasteiger partial charge in [0.25, 0.3) is 5.69 Å². The average Bonchev–Trinajstić information content (AvgIpc) is 2.77. The van der Waals surface area contributed by atoms with Crippen molar-refractivity contribution in [1.82, 2.24) is 9.29 Å². The second-order valence-corrected chi connectivity index (χ2v) is 9.37. The van der Waals surface area contributed by atoms with E-state index in [1.807, 2.05) is 18.7 Å². The number of aromatic nitrogens is 1. The van der Waals surface area contributed by atoms with Crippen LogP contribution in [-0.2, 0) is 23.0 Å². The number of hydrogen-bond donors (Lipinski definition) is 0. The normalized spacial score (nSPS) is 14.0. The summed E-state index contributed by atoms with van der Waals surface area (Å²) in [6.45, 7) is 5.64. The minimum atomic E-state index is -4.03. The van der Waals surface area contributed by atoms with Crippen LogP contribution in [0.2, 0.25) is 0 Å². The van der Waals surface area contributed by atoms with Crippen molar-refractivity contribution in [3.8, 4) is 12.3 Å². The number of nitro benzene ring substituents is 1. The molecule has 0 unspecified atom stereocenters. The van der Waals surface area contributed by atoms with E-state index in [0.29, 0.717) is 25.2 Å². The number of rotatable bonds is 8. The molecule has 0 atom stereocenters. The Bertz CT molecular complexity index is 1120. The van der Waals surface area contributed by atoms with Gasteiger partial charge in [0.2, 0.25) is 10.0 Å². The first-order valence-electron chi connectivity index (χ1n) is 10.3. The second kappa shape index (κ2) is 9.45. The fourth-order valence-electron chi connectivity index (χ4n) is 3.90. The standard InChI is InChI=1S/C22H26N4O4S/c1-4-10-24(11-5-2)22-17(6-3)13-20(26(27)28)14-21(22)31(29,30)25-12-8-18-15-23-9-7-19(18)16-25/h3,7,9,13-15H,4-5,8,10-12,16H2,1-2H3. The fraction of sp³-hybridized carbons (Fsp3) is 0.409. The van der Waals surface area contributed by atoms with E-state index in [1.54, 1.807) is 18.5 Å². The first kappa shape index (κ1) is 22.7. The number of nitrogens with zero attached hydrogens (tertiary/aromatic N) is 4. The second-order valence-electron chi connectivity index (χ2n) is 7.46. The van der Waals surface area contributed by atoms with Gasteiger partial charge in [-0.3, -0.25) is 15.1 Å². The highest BCUT2D eigenvalue weighted by Gasteiger charge is 2.34. The third-order valence-corrected chi connectivity index (χ3v) is 7.19. The molecule has 164 valence electrons. The predicted molar refractivity (Wildman–Crippen MR) is 119 cm³/mol. The Labute approximate surface area is 183 Å². The largest absolute Gasteiger partial charge is 0.369 e. The Balaban J connectivity index is 2.18. The number of hydrogen-bond acceptors (Lipinski definition) is 6. The zero-order valence-electron chi connectivity index (χ0n) is 17.7. The van der Waals surface area contributed by atoms with Gasteiger partial charge in [-0.15, -0.1) is 6.42 Å². The van der Waals surface area contributed by atoms with Gasteiger partial charge >= 0.3 is 0 Å². The van der Waals surface area contributed by atoms with Crippen molar-refractivity contribution in [2.45, 2.75) is 44.6 Å². The molecule has 0 amide bonds. The van der Waals surface area contributed by atoms with Crippen LogP contribution >= 0.6 is 0 Å². The van der Waals surface area contributed by atoms with Crippen LogP contribution in [0.25, 0.3) is 0 Å². The highest BCUT2D eigenvalue weighted by molar-refractivity contribution is 7.89. The van der Waals surface area contributed by atoms with Gasteiger partial charge in [-0.1, -0.05) is 19.8 Å². The molecule has 0 radical (unpaired) electrons. The molecule has 9 heteroatoms. The fourth-order valence-corrected chi connectivity index (χ4v) is 5.57. The van der Waals surface area contributed by atoms with E-state index in [4.69, 9.17) is 6.42 Å². The lowest BCUT2D eigenvalue weighted by Gasteiger charge is -2.31. The van der Waals surface area contributed by atoms with E-state index in [-0.39, 0.29) is 29.2 Å². The van der Waals surface area contributed by atoms with E-state index < -0.39 is 14.9 Å². The van der Waals surface area contributed by atoms with Crippen molar-refractivity contribution < 1.29 is 13.3 Å². The van der Waals surface area contributed by atoms with Crippen LogP contribution in [0.4, 0.5) is 11.4 Å². The number of nitro groups is 1. The Morgan fingerprint density at radius 3 is 2.58 bits per heavy atom. The molecule has 31 heavy (non-hydrogen) atoms. The van der Waals surface area contributed by atoms with Crippen LogP contribution in [-0.4, -0.2) is 42.3 Å². The summed E-state index contributed by atoms with van der Waals surface area (Å²) < 4.78 is 28.9. The Hall–Kier alpha value is -2.96. The summed E-state index contributed by atoms with van der Waals surface area (Å²) in [7, 11) is -4.03. The molecule has 1 aromatic heterocycles.